The summed E-state index contributed by atoms with van der Waals surface area (Å²) in [6.07, 6.45) is 8.97. The third kappa shape index (κ3) is 13.6. The van der Waals surface area contributed by atoms with E-state index in [-0.39, 0.29) is 0 Å². The highest BCUT2D eigenvalue weighted by Gasteiger charge is 1.74. The molecular weight excluding hydrogens is 330 g/mol. The molecule has 0 saturated heterocycles. The number of rotatable bonds is 0. The molecular formula is C24H27N3. The first-order chi connectivity index (χ1) is 13.2. The number of aryl methyl sites for hydroxylation is 3. The van der Waals surface area contributed by atoms with Crippen LogP contribution in [0.5, 0.6) is 0 Å². The van der Waals surface area contributed by atoms with Gasteiger partial charge in [0.2, 0.25) is 0 Å². The SMILES string of the molecule is Cc1ccccn1.Cc1cccnc1.Cc1ccncc1.c1ccccc1. The van der Waals surface area contributed by atoms with Crippen LogP contribution in [0.15, 0.2) is 110 Å². The van der Waals surface area contributed by atoms with E-state index in [0.717, 1.165) is 5.69 Å². The van der Waals surface area contributed by atoms with Crippen molar-refractivity contribution in [3.05, 3.63) is 127 Å². The van der Waals surface area contributed by atoms with Crippen molar-refractivity contribution in [2.75, 3.05) is 0 Å². The van der Waals surface area contributed by atoms with Gasteiger partial charge in [0.05, 0.1) is 0 Å². The van der Waals surface area contributed by atoms with Crippen LogP contribution in [0.1, 0.15) is 16.8 Å². The molecule has 0 aliphatic carbocycles. The molecule has 3 heterocycles. The summed E-state index contributed by atoms with van der Waals surface area (Å²) in [5, 5.41) is 0. The smallest absolute Gasteiger partial charge is 0.0372 e. The maximum absolute atomic E-state index is 3.98. The van der Waals surface area contributed by atoms with E-state index in [1.54, 1.807) is 24.8 Å². The van der Waals surface area contributed by atoms with Crippen molar-refractivity contribution in [2.45, 2.75) is 20.8 Å². The predicted octanol–water partition coefficient (Wildman–Crippen LogP) is 5.86. The molecule has 1 aromatic carbocycles. The molecule has 0 spiro atoms. The van der Waals surface area contributed by atoms with Crippen LogP contribution in [0.3, 0.4) is 0 Å². The summed E-state index contributed by atoms with van der Waals surface area (Å²) in [4.78, 5) is 11.7. The molecule has 0 radical (unpaired) electrons. The molecule has 27 heavy (non-hydrogen) atoms. The molecule has 4 aromatic rings. The van der Waals surface area contributed by atoms with Crippen LogP contribution in [0, 0.1) is 20.8 Å². The molecule has 0 aliphatic heterocycles. The number of hydrogen-bond donors (Lipinski definition) is 0. The van der Waals surface area contributed by atoms with Gasteiger partial charge >= 0.3 is 0 Å². The third-order valence-corrected chi connectivity index (χ3v) is 3.14. The fraction of sp³-hybridized carbons (Fsp3) is 0.125. The second-order valence-electron chi connectivity index (χ2n) is 5.68. The largest absolute Gasteiger partial charge is 0.265 e. The molecule has 0 amide bonds. The van der Waals surface area contributed by atoms with Crippen LogP contribution in [0.25, 0.3) is 0 Å². The standard InChI is InChI=1S/3C6H7N.C6H6/c1-6-2-4-7-5-3-6;1-6-3-2-4-7-5-6;1-6-4-2-3-5-7-6;1-2-4-6-5-3-1/h3*2-5H,1H3;1-6H. The molecule has 0 bridgehead atoms. The van der Waals surface area contributed by atoms with Crippen LogP contribution < -0.4 is 0 Å². The van der Waals surface area contributed by atoms with Crippen LogP contribution in [-0.4, -0.2) is 15.0 Å². The van der Waals surface area contributed by atoms with Crippen molar-refractivity contribution in [1.29, 1.82) is 0 Å². The number of hydrogen-bond acceptors (Lipinski definition) is 3. The molecule has 0 aliphatic rings. The minimum atomic E-state index is 1.07. The fourth-order valence-electron chi connectivity index (χ4n) is 1.71. The van der Waals surface area contributed by atoms with Crippen molar-refractivity contribution in [2.24, 2.45) is 0 Å². The molecule has 0 N–H and O–H groups in total. The average molecular weight is 358 g/mol. The maximum Gasteiger partial charge on any atom is 0.0372 e. The summed E-state index contributed by atoms with van der Waals surface area (Å²) in [5.41, 5.74) is 3.54. The molecule has 3 nitrogen and oxygen atoms in total. The second kappa shape index (κ2) is 15.0. The van der Waals surface area contributed by atoms with Gasteiger partial charge in [-0.15, -0.1) is 0 Å². The number of pyridine rings is 3. The lowest BCUT2D eigenvalue weighted by Gasteiger charge is -1.82. The Morgan fingerprint density at radius 3 is 1.37 bits per heavy atom. The highest BCUT2D eigenvalue weighted by atomic mass is 14.6. The first kappa shape index (κ1) is 21.7. The predicted molar refractivity (Wildman–Crippen MR) is 113 cm³/mol. The molecule has 0 unspecified atom stereocenters. The Balaban J connectivity index is 0.000000180. The Hall–Kier alpha value is -3.33. The molecule has 0 atom stereocenters. The highest BCUT2D eigenvalue weighted by molar-refractivity contribution is 5.06. The number of benzene rings is 1. The summed E-state index contributed by atoms with van der Waals surface area (Å²) in [6, 6.07) is 25.7. The lowest BCUT2D eigenvalue weighted by Crippen LogP contribution is -1.72. The fourth-order valence-corrected chi connectivity index (χ4v) is 1.71. The van der Waals surface area contributed by atoms with Gasteiger partial charge in [0.15, 0.2) is 0 Å². The van der Waals surface area contributed by atoms with E-state index >= 15 is 0 Å². The highest BCUT2D eigenvalue weighted by Crippen LogP contribution is 1.89. The van der Waals surface area contributed by atoms with E-state index in [2.05, 4.69) is 15.0 Å². The van der Waals surface area contributed by atoms with E-state index in [9.17, 15) is 0 Å². The summed E-state index contributed by atoms with van der Waals surface area (Å²) in [5.74, 6) is 0. The Morgan fingerprint density at radius 1 is 0.481 bits per heavy atom. The number of nitrogens with zero attached hydrogens (tertiary/aromatic N) is 3. The van der Waals surface area contributed by atoms with Crippen molar-refractivity contribution < 1.29 is 0 Å². The Kier molecular flexibility index (Phi) is 12.0. The maximum atomic E-state index is 3.98. The molecule has 138 valence electrons. The van der Waals surface area contributed by atoms with Crippen LogP contribution in [0.2, 0.25) is 0 Å². The van der Waals surface area contributed by atoms with Crippen LogP contribution >= 0.6 is 0 Å². The van der Waals surface area contributed by atoms with E-state index in [0.29, 0.717) is 0 Å². The third-order valence-electron chi connectivity index (χ3n) is 3.14. The van der Waals surface area contributed by atoms with Gasteiger partial charge in [0.25, 0.3) is 0 Å². The summed E-state index contributed by atoms with van der Waals surface area (Å²) in [7, 11) is 0. The Bertz CT molecular complexity index is 674. The van der Waals surface area contributed by atoms with Crippen molar-refractivity contribution >= 4 is 0 Å². The molecule has 3 aromatic heterocycles. The Labute approximate surface area is 162 Å². The quantitative estimate of drug-likeness (QED) is 0.396. The Morgan fingerprint density at radius 2 is 1.11 bits per heavy atom. The van der Waals surface area contributed by atoms with Crippen molar-refractivity contribution in [3.63, 3.8) is 0 Å². The zero-order valence-corrected chi connectivity index (χ0v) is 16.2. The van der Waals surface area contributed by atoms with E-state index in [1.807, 2.05) is 106 Å². The minimum Gasteiger partial charge on any atom is -0.265 e. The van der Waals surface area contributed by atoms with Gasteiger partial charge in [-0.3, -0.25) is 15.0 Å². The molecule has 3 heteroatoms. The van der Waals surface area contributed by atoms with Gasteiger partial charge in [-0.05, 0) is 62.2 Å². The van der Waals surface area contributed by atoms with E-state index < -0.39 is 0 Å². The van der Waals surface area contributed by atoms with Crippen LogP contribution in [0.4, 0.5) is 0 Å². The topological polar surface area (TPSA) is 38.7 Å². The molecule has 0 fully saturated rings. The minimum absolute atomic E-state index is 1.07. The van der Waals surface area contributed by atoms with Crippen molar-refractivity contribution in [3.8, 4) is 0 Å². The zero-order chi connectivity index (χ0) is 19.6. The summed E-state index contributed by atoms with van der Waals surface area (Å²) in [6.45, 7) is 6.04. The molecule has 4 rings (SSSR count). The zero-order valence-electron chi connectivity index (χ0n) is 16.2. The second-order valence-corrected chi connectivity index (χ2v) is 5.68. The van der Waals surface area contributed by atoms with Gasteiger partial charge in [0.1, 0.15) is 0 Å². The monoisotopic (exact) mass is 357 g/mol. The van der Waals surface area contributed by atoms with E-state index in [1.165, 1.54) is 11.1 Å². The van der Waals surface area contributed by atoms with Gasteiger partial charge in [-0.2, -0.15) is 0 Å². The first-order valence-electron chi connectivity index (χ1n) is 8.79. The van der Waals surface area contributed by atoms with Gasteiger partial charge in [-0.1, -0.05) is 48.5 Å². The summed E-state index contributed by atoms with van der Waals surface area (Å²) < 4.78 is 0. The van der Waals surface area contributed by atoms with Gasteiger partial charge in [-0.25, -0.2) is 0 Å². The summed E-state index contributed by atoms with van der Waals surface area (Å²) >= 11 is 0. The lowest BCUT2D eigenvalue weighted by atomic mass is 10.3. The van der Waals surface area contributed by atoms with Crippen molar-refractivity contribution in [1.82, 2.24) is 15.0 Å². The number of aromatic nitrogens is 3. The first-order valence-corrected chi connectivity index (χ1v) is 8.79. The lowest BCUT2D eigenvalue weighted by molar-refractivity contribution is 1.20. The molecule has 0 saturated carbocycles. The van der Waals surface area contributed by atoms with Crippen LogP contribution in [-0.2, 0) is 0 Å². The van der Waals surface area contributed by atoms with Gasteiger partial charge < -0.3 is 0 Å². The van der Waals surface area contributed by atoms with Gasteiger partial charge in [0, 0.05) is 36.7 Å². The average Bonchev–Trinajstić information content (AvgIpc) is 2.73. The van der Waals surface area contributed by atoms with E-state index in [4.69, 9.17) is 0 Å². The normalized spacial score (nSPS) is 8.56.